The van der Waals surface area contributed by atoms with E-state index in [4.69, 9.17) is 5.73 Å². The van der Waals surface area contributed by atoms with Gasteiger partial charge in [-0.25, -0.2) is 0 Å². The molecule has 86 valence electrons. The molecule has 2 rings (SSSR count). The van der Waals surface area contributed by atoms with E-state index >= 15 is 0 Å². The minimum absolute atomic E-state index is 0.133. The van der Waals surface area contributed by atoms with Crippen molar-refractivity contribution in [2.45, 2.75) is 12.8 Å². The molecule has 3 nitrogen and oxygen atoms in total. The normalized spacial score (nSPS) is 10.1. The van der Waals surface area contributed by atoms with Gasteiger partial charge in [0.05, 0.1) is 0 Å². The van der Waals surface area contributed by atoms with Gasteiger partial charge < -0.3 is 5.73 Å². The summed E-state index contributed by atoms with van der Waals surface area (Å²) in [4.78, 5) is 15.9. The minimum Gasteiger partial charge on any atom is -0.398 e. The Morgan fingerprint density at radius 1 is 1.18 bits per heavy atom. The van der Waals surface area contributed by atoms with Gasteiger partial charge in [0.2, 0.25) is 0 Å². The number of nitrogen functional groups attached to an aromatic ring is 1. The maximum absolute atomic E-state index is 11.9. The topological polar surface area (TPSA) is 56.0 Å². The molecule has 0 aliphatic rings. The fourth-order valence-electron chi connectivity index (χ4n) is 1.66. The molecule has 0 aliphatic heterocycles. The van der Waals surface area contributed by atoms with E-state index in [-0.39, 0.29) is 5.78 Å². The maximum Gasteiger partial charge on any atom is 0.163 e. The highest BCUT2D eigenvalue weighted by Crippen LogP contribution is 2.13. The summed E-state index contributed by atoms with van der Waals surface area (Å²) in [7, 11) is 0. The number of carbonyl (C=O) groups excluding carboxylic acids is 1. The summed E-state index contributed by atoms with van der Waals surface area (Å²) in [5.41, 5.74) is 8.16. The van der Waals surface area contributed by atoms with Crippen molar-refractivity contribution in [3.63, 3.8) is 0 Å². The molecule has 3 heteroatoms. The molecule has 1 heterocycles. The zero-order valence-electron chi connectivity index (χ0n) is 9.47. The number of nitrogens with zero attached hydrogens (tertiary/aromatic N) is 1. The quantitative estimate of drug-likeness (QED) is 0.815. The summed E-state index contributed by atoms with van der Waals surface area (Å²) in [5, 5.41) is 0. The van der Waals surface area contributed by atoms with Gasteiger partial charge in [-0.3, -0.25) is 9.78 Å². The number of ketones is 1. The number of hydrogen-bond donors (Lipinski definition) is 1. The van der Waals surface area contributed by atoms with Crippen LogP contribution in [0.4, 0.5) is 5.69 Å². The van der Waals surface area contributed by atoms with Crippen molar-refractivity contribution >= 4 is 11.5 Å². The van der Waals surface area contributed by atoms with Gasteiger partial charge >= 0.3 is 0 Å². The van der Waals surface area contributed by atoms with Gasteiger partial charge in [0.1, 0.15) is 0 Å². The first kappa shape index (κ1) is 11.3. The monoisotopic (exact) mass is 226 g/mol. The van der Waals surface area contributed by atoms with Crippen molar-refractivity contribution in [1.29, 1.82) is 0 Å². The average molecular weight is 226 g/mol. The van der Waals surface area contributed by atoms with Crippen molar-refractivity contribution in [2.75, 3.05) is 5.73 Å². The van der Waals surface area contributed by atoms with Crippen molar-refractivity contribution in [3.8, 4) is 0 Å². The Morgan fingerprint density at radius 2 is 1.94 bits per heavy atom. The third-order valence-corrected chi connectivity index (χ3v) is 2.66. The Morgan fingerprint density at radius 3 is 2.65 bits per heavy atom. The first-order chi connectivity index (χ1) is 8.27. The molecule has 0 saturated carbocycles. The molecular weight excluding hydrogens is 212 g/mol. The largest absolute Gasteiger partial charge is 0.398 e. The number of Topliss-reactive ketones (excluding diaryl/α,β-unsaturated/α-hetero) is 1. The molecule has 1 aromatic heterocycles. The number of hydrogen-bond acceptors (Lipinski definition) is 3. The van der Waals surface area contributed by atoms with Crippen LogP contribution in [-0.2, 0) is 6.42 Å². The van der Waals surface area contributed by atoms with E-state index in [2.05, 4.69) is 4.98 Å². The van der Waals surface area contributed by atoms with Gasteiger partial charge in [-0.15, -0.1) is 0 Å². The number of benzene rings is 1. The van der Waals surface area contributed by atoms with Crippen LogP contribution in [0.5, 0.6) is 0 Å². The Bertz CT molecular complexity index is 509. The van der Waals surface area contributed by atoms with E-state index in [1.807, 2.05) is 30.3 Å². The lowest BCUT2D eigenvalue weighted by Crippen LogP contribution is -2.03. The first-order valence-electron chi connectivity index (χ1n) is 5.54. The number of pyridine rings is 1. The van der Waals surface area contributed by atoms with E-state index in [0.717, 1.165) is 11.1 Å². The molecule has 0 fully saturated rings. The fraction of sp³-hybridized carbons (Fsp3) is 0.143. The number of nitrogens with two attached hydrogens (primary N) is 1. The second-order valence-electron chi connectivity index (χ2n) is 3.86. The molecule has 0 amide bonds. The van der Waals surface area contributed by atoms with Crippen molar-refractivity contribution < 1.29 is 4.79 Å². The summed E-state index contributed by atoms with van der Waals surface area (Å²) in [6.07, 6.45) is 4.46. The van der Waals surface area contributed by atoms with Crippen LogP contribution < -0.4 is 5.73 Å². The molecule has 0 radical (unpaired) electrons. The number of rotatable bonds is 4. The molecule has 0 atom stereocenters. The van der Waals surface area contributed by atoms with Crippen molar-refractivity contribution in [2.24, 2.45) is 0 Å². The third-order valence-electron chi connectivity index (χ3n) is 2.66. The Labute approximate surface area is 100 Å². The molecule has 0 aliphatic carbocycles. The molecular formula is C14H14N2O. The van der Waals surface area contributed by atoms with Crippen molar-refractivity contribution in [3.05, 3.63) is 59.9 Å². The van der Waals surface area contributed by atoms with E-state index < -0.39 is 0 Å². The molecule has 0 saturated heterocycles. The zero-order chi connectivity index (χ0) is 12.1. The Balaban J connectivity index is 2.00. The van der Waals surface area contributed by atoms with E-state index in [9.17, 15) is 4.79 Å². The van der Waals surface area contributed by atoms with Crippen LogP contribution in [0.25, 0.3) is 0 Å². The Kier molecular flexibility index (Phi) is 3.50. The van der Waals surface area contributed by atoms with Crippen molar-refractivity contribution in [1.82, 2.24) is 4.98 Å². The second-order valence-corrected chi connectivity index (χ2v) is 3.86. The summed E-state index contributed by atoms with van der Waals surface area (Å²) in [6.45, 7) is 0. The standard InChI is InChI=1S/C14H14N2O/c15-13-8-9-16-10-12(13)6-7-14(17)11-4-2-1-3-5-11/h1-5,8-10H,6-7H2,(H2,15,16). The lowest BCUT2D eigenvalue weighted by atomic mass is 10.0. The number of aromatic nitrogens is 1. The predicted octanol–water partition coefficient (Wildman–Crippen LogP) is 2.48. The van der Waals surface area contributed by atoms with Crippen LogP contribution in [0, 0.1) is 0 Å². The molecule has 2 aromatic rings. The summed E-state index contributed by atoms with van der Waals surface area (Å²) in [5.74, 6) is 0.133. The van der Waals surface area contributed by atoms with Crippen LogP contribution in [0.2, 0.25) is 0 Å². The molecule has 2 N–H and O–H groups in total. The molecule has 0 unspecified atom stereocenters. The number of anilines is 1. The molecule has 0 bridgehead atoms. The lowest BCUT2D eigenvalue weighted by molar-refractivity contribution is 0.0983. The van der Waals surface area contributed by atoms with Gasteiger partial charge in [0.15, 0.2) is 5.78 Å². The number of aryl methyl sites for hydroxylation is 1. The highest BCUT2D eigenvalue weighted by atomic mass is 16.1. The summed E-state index contributed by atoms with van der Waals surface area (Å²) >= 11 is 0. The average Bonchev–Trinajstić information content (AvgIpc) is 2.38. The highest BCUT2D eigenvalue weighted by Gasteiger charge is 2.06. The smallest absolute Gasteiger partial charge is 0.163 e. The fourth-order valence-corrected chi connectivity index (χ4v) is 1.66. The van der Waals surface area contributed by atoms with Gasteiger partial charge in [0.25, 0.3) is 0 Å². The number of carbonyl (C=O) groups is 1. The molecule has 17 heavy (non-hydrogen) atoms. The van der Waals surface area contributed by atoms with Crippen LogP contribution in [0.15, 0.2) is 48.8 Å². The second kappa shape index (κ2) is 5.25. The van der Waals surface area contributed by atoms with Crippen LogP contribution in [0.3, 0.4) is 0 Å². The van der Waals surface area contributed by atoms with Gasteiger partial charge in [-0.05, 0) is 18.1 Å². The Hall–Kier alpha value is -2.16. The maximum atomic E-state index is 11.9. The lowest BCUT2D eigenvalue weighted by Gasteiger charge is -2.04. The van der Waals surface area contributed by atoms with Gasteiger partial charge in [-0.2, -0.15) is 0 Å². The SMILES string of the molecule is Nc1ccncc1CCC(=O)c1ccccc1. The predicted molar refractivity (Wildman–Crippen MR) is 67.7 cm³/mol. The summed E-state index contributed by atoms with van der Waals surface area (Å²) < 4.78 is 0. The van der Waals surface area contributed by atoms with Gasteiger partial charge in [-0.1, -0.05) is 30.3 Å². The van der Waals surface area contributed by atoms with E-state index in [1.165, 1.54) is 0 Å². The van der Waals surface area contributed by atoms with E-state index in [0.29, 0.717) is 18.5 Å². The van der Waals surface area contributed by atoms with Crippen LogP contribution >= 0.6 is 0 Å². The molecule has 0 spiro atoms. The molecule has 1 aromatic carbocycles. The first-order valence-corrected chi connectivity index (χ1v) is 5.54. The van der Waals surface area contributed by atoms with E-state index in [1.54, 1.807) is 18.5 Å². The van der Waals surface area contributed by atoms with Crippen LogP contribution in [0.1, 0.15) is 22.3 Å². The van der Waals surface area contributed by atoms with Crippen LogP contribution in [-0.4, -0.2) is 10.8 Å². The highest BCUT2D eigenvalue weighted by molar-refractivity contribution is 5.96. The van der Waals surface area contributed by atoms with Gasteiger partial charge in [0, 0.05) is 30.1 Å². The zero-order valence-corrected chi connectivity index (χ0v) is 9.47. The minimum atomic E-state index is 0.133. The third kappa shape index (κ3) is 2.91. The summed E-state index contributed by atoms with van der Waals surface area (Å²) in [6, 6.07) is 11.0.